The van der Waals surface area contributed by atoms with Gasteiger partial charge in [0.05, 0.1) is 12.5 Å². The Morgan fingerprint density at radius 3 is 3.15 bits per heavy atom. The van der Waals surface area contributed by atoms with Crippen LogP contribution in [0.4, 0.5) is 0 Å². The molecule has 4 heteroatoms. The van der Waals surface area contributed by atoms with Gasteiger partial charge in [-0.1, -0.05) is 0 Å². The summed E-state index contributed by atoms with van der Waals surface area (Å²) in [6.07, 6.45) is 5.34. The van der Waals surface area contributed by atoms with Crippen LogP contribution in [0.5, 0.6) is 0 Å². The van der Waals surface area contributed by atoms with Crippen molar-refractivity contribution in [2.24, 2.45) is 0 Å². The number of hydrogen-bond acceptors (Lipinski definition) is 2. The summed E-state index contributed by atoms with van der Waals surface area (Å²) in [5, 5.41) is 0. The molecule has 0 spiro atoms. The van der Waals surface area contributed by atoms with Crippen molar-refractivity contribution in [3.63, 3.8) is 0 Å². The van der Waals surface area contributed by atoms with Crippen molar-refractivity contribution in [1.82, 2.24) is 14.9 Å². The van der Waals surface area contributed by atoms with E-state index in [0.29, 0.717) is 11.7 Å². The molecule has 1 aromatic heterocycles. The lowest BCUT2D eigenvalue weighted by atomic mass is 10.2. The molecule has 70 valence electrons. The van der Waals surface area contributed by atoms with Crippen molar-refractivity contribution in [3.05, 3.63) is 18.2 Å². The van der Waals surface area contributed by atoms with E-state index in [0.717, 1.165) is 19.4 Å². The Labute approximate surface area is 77.0 Å². The van der Waals surface area contributed by atoms with Gasteiger partial charge in [-0.3, -0.25) is 4.79 Å². The first kappa shape index (κ1) is 8.29. The van der Waals surface area contributed by atoms with Crippen molar-refractivity contribution in [2.45, 2.75) is 25.8 Å². The summed E-state index contributed by atoms with van der Waals surface area (Å²) >= 11 is 0. The number of nitrogens with zero attached hydrogens (tertiary/aromatic N) is 2. The van der Waals surface area contributed by atoms with Gasteiger partial charge < -0.3 is 9.88 Å². The van der Waals surface area contributed by atoms with Gasteiger partial charge >= 0.3 is 0 Å². The van der Waals surface area contributed by atoms with E-state index in [2.05, 4.69) is 16.9 Å². The Balaban J connectivity index is 2.13. The molecule has 2 rings (SSSR count). The van der Waals surface area contributed by atoms with Gasteiger partial charge in [0.15, 0.2) is 0 Å². The minimum absolute atomic E-state index is 0.0718. The second kappa shape index (κ2) is 3.20. The number of aromatic nitrogens is 2. The van der Waals surface area contributed by atoms with E-state index >= 15 is 0 Å². The minimum atomic E-state index is 0.0718. The van der Waals surface area contributed by atoms with E-state index in [4.69, 9.17) is 0 Å². The largest absolute Gasteiger partial charge is 0.341 e. The lowest BCUT2D eigenvalue weighted by Crippen LogP contribution is -2.33. The van der Waals surface area contributed by atoms with Crippen LogP contribution in [0.15, 0.2) is 12.5 Å². The number of carbonyl (C=O) groups is 1. The number of carbonyl (C=O) groups excluding carboxylic acids is 1. The Morgan fingerprint density at radius 2 is 2.62 bits per heavy atom. The third kappa shape index (κ3) is 1.43. The normalized spacial score (nSPS) is 22.2. The van der Waals surface area contributed by atoms with Gasteiger partial charge in [-0.25, -0.2) is 4.98 Å². The standard InChI is InChI=1S/C9H13N3O/c1-7-3-2-4-12(7)9(13)8-5-10-6-11-8/h5-7H,2-4H2,1H3,(H,10,11)/t7-/m0/s1. The van der Waals surface area contributed by atoms with Crippen molar-refractivity contribution in [1.29, 1.82) is 0 Å². The molecule has 1 N–H and O–H groups in total. The van der Waals surface area contributed by atoms with Crippen LogP contribution in [-0.4, -0.2) is 33.4 Å². The van der Waals surface area contributed by atoms with Gasteiger partial charge in [-0.15, -0.1) is 0 Å². The molecule has 0 saturated carbocycles. The number of aromatic amines is 1. The average Bonchev–Trinajstić information content (AvgIpc) is 2.72. The lowest BCUT2D eigenvalue weighted by molar-refractivity contribution is 0.0742. The highest BCUT2D eigenvalue weighted by molar-refractivity contribution is 5.92. The van der Waals surface area contributed by atoms with Gasteiger partial charge in [-0.05, 0) is 19.8 Å². The lowest BCUT2D eigenvalue weighted by Gasteiger charge is -2.20. The van der Waals surface area contributed by atoms with Crippen molar-refractivity contribution in [2.75, 3.05) is 6.54 Å². The van der Waals surface area contributed by atoms with E-state index in [9.17, 15) is 4.79 Å². The van der Waals surface area contributed by atoms with Gasteiger partial charge in [-0.2, -0.15) is 0 Å². The van der Waals surface area contributed by atoms with Crippen LogP contribution in [0, 0.1) is 0 Å². The highest BCUT2D eigenvalue weighted by Crippen LogP contribution is 2.18. The zero-order valence-electron chi connectivity index (χ0n) is 7.66. The highest BCUT2D eigenvalue weighted by Gasteiger charge is 2.26. The summed E-state index contributed by atoms with van der Waals surface area (Å²) < 4.78 is 0. The van der Waals surface area contributed by atoms with Gasteiger partial charge in [0, 0.05) is 12.6 Å². The Kier molecular flexibility index (Phi) is 2.04. The smallest absolute Gasteiger partial charge is 0.272 e. The summed E-state index contributed by atoms with van der Waals surface area (Å²) in [5.74, 6) is 0.0718. The maximum Gasteiger partial charge on any atom is 0.272 e. The van der Waals surface area contributed by atoms with Crippen LogP contribution < -0.4 is 0 Å². The molecule has 1 aromatic rings. The van der Waals surface area contributed by atoms with E-state index in [1.165, 1.54) is 6.33 Å². The molecule has 0 bridgehead atoms. The second-order valence-electron chi connectivity index (χ2n) is 3.46. The number of amides is 1. The Hall–Kier alpha value is -1.32. The zero-order chi connectivity index (χ0) is 9.26. The predicted octanol–water partition coefficient (Wildman–Crippen LogP) is 1.03. The molecule has 1 saturated heterocycles. The molecular weight excluding hydrogens is 166 g/mol. The molecule has 0 radical (unpaired) electrons. The molecule has 1 atom stereocenters. The highest BCUT2D eigenvalue weighted by atomic mass is 16.2. The number of nitrogens with one attached hydrogen (secondary N) is 1. The first-order chi connectivity index (χ1) is 6.29. The number of imidazole rings is 1. The molecular formula is C9H13N3O. The van der Waals surface area contributed by atoms with E-state index in [1.807, 2.05) is 4.90 Å². The molecule has 4 nitrogen and oxygen atoms in total. The van der Waals surface area contributed by atoms with Gasteiger partial charge in [0.2, 0.25) is 0 Å². The molecule has 13 heavy (non-hydrogen) atoms. The van der Waals surface area contributed by atoms with E-state index in [1.54, 1.807) is 6.20 Å². The summed E-state index contributed by atoms with van der Waals surface area (Å²) in [7, 11) is 0. The molecule has 2 heterocycles. The average molecular weight is 179 g/mol. The fraction of sp³-hybridized carbons (Fsp3) is 0.556. The Morgan fingerprint density at radius 1 is 1.77 bits per heavy atom. The molecule has 1 amide bonds. The summed E-state index contributed by atoms with van der Waals surface area (Å²) in [4.78, 5) is 20.3. The van der Waals surface area contributed by atoms with Crippen LogP contribution in [0.2, 0.25) is 0 Å². The first-order valence-corrected chi connectivity index (χ1v) is 4.58. The van der Waals surface area contributed by atoms with Gasteiger partial charge in [0.25, 0.3) is 5.91 Å². The first-order valence-electron chi connectivity index (χ1n) is 4.58. The summed E-state index contributed by atoms with van der Waals surface area (Å²) in [5.41, 5.74) is 0.591. The van der Waals surface area contributed by atoms with Crippen molar-refractivity contribution in [3.8, 4) is 0 Å². The minimum Gasteiger partial charge on any atom is -0.341 e. The van der Waals surface area contributed by atoms with Crippen LogP contribution in [0.25, 0.3) is 0 Å². The number of H-pyrrole nitrogens is 1. The second-order valence-corrected chi connectivity index (χ2v) is 3.46. The Bertz CT molecular complexity index is 294. The number of hydrogen-bond donors (Lipinski definition) is 1. The van der Waals surface area contributed by atoms with Gasteiger partial charge in [0.1, 0.15) is 5.69 Å². The van der Waals surface area contributed by atoms with Crippen LogP contribution in [0.1, 0.15) is 30.3 Å². The quantitative estimate of drug-likeness (QED) is 0.700. The van der Waals surface area contributed by atoms with Crippen molar-refractivity contribution < 1.29 is 4.79 Å². The molecule has 0 aliphatic carbocycles. The fourth-order valence-electron chi connectivity index (χ4n) is 1.76. The third-order valence-corrected chi connectivity index (χ3v) is 2.54. The summed E-state index contributed by atoms with van der Waals surface area (Å²) in [6.45, 7) is 2.96. The topological polar surface area (TPSA) is 49.0 Å². The fourth-order valence-corrected chi connectivity index (χ4v) is 1.76. The monoisotopic (exact) mass is 179 g/mol. The maximum atomic E-state index is 11.8. The van der Waals surface area contributed by atoms with E-state index < -0.39 is 0 Å². The summed E-state index contributed by atoms with van der Waals surface area (Å²) in [6, 6.07) is 0.371. The van der Waals surface area contributed by atoms with Crippen molar-refractivity contribution >= 4 is 5.91 Å². The van der Waals surface area contributed by atoms with Crippen LogP contribution in [-0.2, 0) is 0 Å². The zero-order valence-corrected chi connectivity index (χ0v) is 7.66. The maximum absolute atomic E-state index is 11.8. The SMILES string of the molecule is C[C@H]1CCCN1C(=O)c1cnc[nH]1. The number of rotatable bonds is 1. The third-order valence-electron chi connectivity index (χ3n) is 2.54. The molecule has 0 unspecified atom stereocenters. The van der Waals surface area contributed by atoms with Crippen LogP contribution in [0.3, 0.4) is 0 Å². The molecule has 0 aromatic carbocycles. The number of likely N-dealkylation sites (tertiary alicyclic amines) is 1. The van der Waals surface area contributed by atoms with Crippen LogP contribution >= 0.6 is 0 Å². The predicted molar refractivity (Wildman–Crippen MR) is 48.3 cm³/mol. The molecule has 1 fully saturated rings. The molecule has 1 aliphatic heterocycles. The van der Waals surface area contributed by atoms with E-state index in [-0.39, 0.29) is 5.91 Å². The molecule has 1 aliphatic rings.